The summed E-state index contributed by atoms with van der Waals surface area (Å²) >= 11 is 0. The average Bonchev–Trinajstić information content (AvgIpc) is 3.17. The lowest BCUT2D eigenvalue weighted by atomic mass is 10.1. The number of rotatable bonds is 8. The molecule has 9 heteroatoms. The summed E-state index contributed by atoms with van der Waals surface area (Å²) in [6.07, 6.45) is 0.814. The third-order valence-corrected chi connectivity index (χ3v) is 6.24. The van der Waals surface area contributed by atoms with E-state index in [2.05, 4.69) is 25.4 Å². The van der Waals surface area contributed by atoms with Crippen LogP contribution in [-0.4, -0.2) is 76.6 Å². The zero-order valence-corrected chi connectivity index (χ0v) is 20.4. The molecule has 3 aromatic rings. The number of nitrogens with one attached hydrogen (secondary N) is 3. The van der Waals surface area contributed by atoms with E-state index < -0.39 is 11.7 Å². The lowest BCUT2D eigenvalue weighted by Gasteiger charge is -2.34. The quantitative estimate of drug-likeness (QED) is 0.458. The number of fused-ring (bicyclic) bond motifs is 1. The van der Waals surface area contributed by atoms with Gasteiger partial charge >= 0.3 is 11.7 Å². The van der Waals surface area contributed by atoms with Crippen LogP contribution in [-0.2, 0) is 17.8 Å². The van der Waals surface area contributed by atoms with E-state index in [1.165, 1.54) is 4.57 Å². The molecule has 9 nitrogen and oxygen atoms in total. The predicted molar refractivity (Wildman–Crippen MR) is 136 cm³/mol. The van der Waals surface area contributed by atoms with Crippen molar-refractivity contribution in [1.82, 2.24) is 30.0 Å². The van der Waals surface area contributed by atoms with Crippen molar-refractivity contribution >= 4 is 23.0 Å². The first-order valence-electron chi connectivity index (χ1n) is 12.2. The van der Waals surface area contributed by atoms with Gasteiger partial charge in [0.2, 0.25) is 5.91 Å². The van der Waals surface area contributed by atoms with Gasteiger partial charge in [0, 0.05) is 45.3 Å². The second kappa shape index (κ2) is 11.3. The number of piperazine rings is 1. The fourth-order valence-corrected chi connectivity index (χ4v) is 4.39. The maximum atomic E-state index is 12.8. The van der Waals surface area contributed by atoms with E-state index in [-0.39, 0.29) is 11.9 Å². The summed E-state index contributed by atoms with van der Waals surface area (Å²) in [7, 11) is 0. The van der Waals surface area contributed by atoms with Crippen molar-refractivity contribution in [3.05, 3.63) is 70.1 Å². The molecule has 2 amide bonds. The van der Waals surface area contributed by atoms with E-state index in [1.54, 1.807) is 0 Å². The predicted octanol–water partition coefficient (Wildman–Crippen LogP) is 1.77. The van der Waals surface area contributed by atoms with Crippen LogP contribution in [0.3, 0.4) is 0 Å². The van der Waals surface area contributed by atoms with Gasteiger partial charge < -0.3 is 20.5 Å². The monoisotopic (exact) mass is 478 g/mol. The number of hydrogen-bond acceptors (Lipinski definition) is 5. The number of imidazole rings is 1. The molecule has 1 fully saturated rings. The summed E-state index contributed by atoms with van der Waals surface area (Å²) in [6, 6.07) is 15.1. The van der Waals surface area contributed by atoms with Crippen molar-refractivity contribution in [2.45, 2.75) is 32.9 Å². The van der Waals surface area contributed by atoms with E-state index in [0.717, 1.165) is 50.3 Å². The molecule has 1 aromatic heterocycles. The minimum absolute atomic E-state index is 0.0760. The fraction of sp³-hybridized carbons (Fsp3) is 0.423. The topological polar surface area (TPSA) is 102 Å². The Morgan fingerprint density at radius 1 is 0.971 bits per heavy atom. The second-order valence-corrected chi connectivity index (χ2v) is 9.35. The molecule has 0 unspecified atom stereocenters. The van der Waals surface area contributed by atoms with E-state index in [0.29, 0.717) is 24.1 Å². The highest BCUT2D eigenvalue weighted by Gasteiger charge is 2.19. The van der Waals surface area contributed by atoms with E-state index in [1.807, 2.05) is 62.4 Å². The third-order valence-electron chi connectivity index (χ3n) is 6.24. The van der Waals surface area contributed by atoms with E-state index in [9.17, 15) is 14.4 Å². The van der Waals surface area contributed by atoms with Crippen molar-refractivity contribution in [3.8, 4) is 0 Å². The van der Waals surface area contributed by atoms with Crippen molar-refractivity contribution in [2.24, 2.45) is 0 Å². The molecule has 1 aliphatic rings. The zero-order chi connectivity index (χ0) is 24.8. The normalized spacial score (nSPS) is 14.9. The molecule has 2 aromatic carbocycles. The average molecular weight is 479 g/mol. The maximum Gasteiger partial charge on any atom is 0.334 e. The van der Waals surface area contributed by atoms with Crippen LogP contribution in [0.4, 0.5) is 4.79 Å². The van der Waals surface area contributed by atoms with Crippen LogP contribution in [0.15, 0.2) is 53.3 Å². The lowest BCUT2D eigenvalue weighted by Crippen LogP contribution is -2.50. The smallest absolute Gasteiger partial charge is 0.334 e. The van der Waals surface area contributed by atoms with Gasteiger partial charge in [-0.25, -0.2) is 14.2 Å². The molecular formula is C26H34N6O3. The number of benzene rings is 2. The van der Waals surface area contributed by atoms with Crippen LogP contribution < -0.4 is 16.3 Å². The SMILES string of the molecule is CC(C)NC(=O)CN1CCN(CCc2ccc3[nH]c(=O)n(C(=O)NCc4ccccc4)c3c2)CC1. The number of carbonyl (C=O) groups is 2. The number of hydrogen-bond donors (Lipinski definition) is 3. The molecule has 1 aliphatic heterocycles. The minimum atomic E-state index is -0.445. The summed E-state index contributed by atoms with van der Waals surface area (Å²) < 4.78 is 1.17. The van der Waals surface area contributed by atoms with E-state index >= 15 is 0 Å². The Labute approximate surface area is 205 Å². The Kier molecular flexibility index (Phi) is 7.99. The lowest BCUT2D eigenvalue weighted by molar-refractivity contribution is -0.123. The van der Waals surface area contributed by atoms with E-state index in [4.69, 9.17) is 0 Å². The number of carbonyl (C=O) groups excluding carboxylic acids is 2. The Hall–Kier alpha value is -3.43. The minimum Gasteiger partial charge on any atom is -0.353 e. The van der Waals surface area contributed by atoms with Crippen molar-refractivity contribution in [2.75, 3.05) is 39.3 Å². The molecule has 0 atom stereocenters. The number of aromatic nitrogens is 2. The van der Waals surface area contributed by atoms with Gasteiger partial charge in [-0.15, -0.1) is 0 Å². The Morgan fingerprint density at radius 3 is 2.40 bits per heavy atom. The Balaban J connectivity index is 1.33. The molecule has 3 N–H and O–H groups in total. The number of aromatic amines is 1. The van der Waals surface area contributed by atoms with Gasteiger partial charge in [-0.1, -0.05) is 36.4 Å². The van der Waals surface area contributed by atoms with Gasteiger partial charge in [0.25, 0.3) is 0 Å². The first-order chi connectivity index (χ1) is 16.9. The van der Waals surface area contributed by atoms with Crippen molar-refractivity contribution in [3.63, 3.8) is 0 Å². The van der Waals surface area contributed by atoms with Gasteiger partial charge in [0.05, 0.1) is 17.6 Å². The van der Waals surface area contributed by atoms with Crippen LogP contribution in [0.1, 0.15) is 25.0 Å². The molecule has 0 radical (unpaired) electrons. The maximum absolute atomic E-state index is 12.8. The highest BCUT2D eigenvalue weighted by Crippen LogP contribution is 2.14. The largest absolute Gasteiger partial charge is 0.353 e. The van der Waals surface area contributed by atoms with Crippen molar-refractivity contribution < 1.29 is 9.59 Å². The Morgan fingerprint density at radius 2 is 1.69 bits per heavy atom. The molecule has 0 spiro atoms. The summed E-state index contributed by atoms with van der Waals surface area (Å²) in [4.78, 5) is 44.6. The molecule has 2 heterocycles. The number of amides is 2. The zero-order valence-electron chi connectivity index (χ0n) is 20.4. The Bertz CT molecular complexity index is 1210. The van der Waals surface area contributed by atoms with Gasteiger partial charge in [-0.3, -0.25) is 9.69 Å². The standard InChI is InChI=1S/C26H34N6O3/c1-19(2)28-24(33)18-31-14-12-30(13-15-31)11-10-20-8-9-22-23(16-20)32(26(35)29-22)25(34)27-17-21-6-4-3-5-7-21/h3-9,16,19H,10-15,17-18H2,1-2H3,(H,27,34)(H,28,33)(H,29,35). The number of nitrogens with zero attached hydrogens (tertiary/aromatic N) is 3. The first-order valence-corrected chi connectivity index (χ1v) is 12.2. The van der Waals surface area contributed by atoms with Gasteiger partial charge in [0.1, 0.15) is 0 Å². The summed E-state index contributed by atoms with van der Waals surface area (Å²) in [5.41, 5.74) is 2.82. The molecule has 1 saturated heterocycles. The van der Waals surface area contributed by atoms with Crippen LogP contribution in [0.2, 0.25) is 0 Å². The van der Waals surface area contributed by atoms with Crippen molar-refractivity contribution in [1.29, 1.82) is 0 Å². The second-order valence-electron chi connectivity index (χ2n) is 9.35. The number of H-pyrrole nitrogens is 1. The molecule has 0 aliphatic carbocycles. The van der Waals surface area contributed by atoms with Crippen LogP contribution in [0.5, 0.6) is 0 Å². The van der Waals surface area contributed by atoms with Gasteiger partial charge in [0.15, 0.2) is 0 Å². The summed E-state index contributed by atoms with van der Waals surface area (Å²) in [5.74, 6) is 0.0760. The first kappa shape index (κ1) is 24.7. The van der Waals surface area contributed by atoms with Crippen LogP contribution in [0.25, 0.3) is 11.0 Å². The fourth-order valence-electron chi connectivity index (χ4n) is 4.39. The summed E-state index contributed by atoms with van der Waals surface area (Å²) in [6.45, 7) is 9.17. The van der Waals surface area contributed by atoms with Gasteiger partial charge in [-0.2, -0.15) is 0 Å². The molecule has 0 bridgehead atoms. The molecular weight excluding hydrogens is 444 g/mol. The molecule has 0 saturated carbocycles. The van der Waals surface area contributed by atoms with Gasteiger partial charge in [-0.05, 0) is 43.5 Å². The highest BCUT2D eigenvalue weighted by atomic mass is 16.2. The molecule has 186 valence electrons. The highest BCUT2D eigenvalue weighted by molar-refractivity contribution is 5.89. The van der Waals surface area contributed by atoms with Crippen LogP contribution in [0, 0.1) is 0 Å². The molecule has 35 heavy (non-hydrogen) atoms. The molecule has 4 rings (SSSR count). The van der Waals surface area contributed by atoms with Crippen LogP contribution >= 0.6 is 0 Å². The summed E-state index contributed by atoms with van der Waals surface area (Å²) in [5, 5.41) is 5.77. The third kappa shape index (κ3) is 6.58.